The maximum Gasteiger partial charge on any atom is 0.221 e. The molecule has 2 heterocycles. The lowest BCUT2D eigenvalue weighted by atomic mass is 9.93. The first-order chi connectivity index (χ1) is 13.0. The van der Waals surface area contributed by atoms with E-state index in [2.05, 4.69) is 30.2 Å². The predicted octanol–water partition coefficient (Wildman–Crippen LogP) is 4.29. The Kier molecular flexibility index (Phi) is 4.58. The molecule has 0 saturated heterocycles. The van der Waals surface area contributed by atoms with E-state index in [1.54, 1.807) is 0 Å². The summed E-state index contributed by atoms with van der Waals surface area (Å²) in [6, 6.07) is 14.0. The van der Waals surface area contributed by atoms with E-state index in [0.717, 1.165) is 27.6 Å². The van der Waals surface area contributed by atoms with E-state index in [4.69, 9.17) is 10.5 Å². The number of carbonyl (C=O) groups excluding carboxylic acids is 1. The molecule has 3 aromatic rings. The molecule has 1 aromatic heterocycles. The standard InChI is InChI=1S/C21H21N3O2S/c1-12-3-6-16(9-13(12)2)26-15-7-4-14(5-8-15)17-10-19(25)23-11-18-20(17)27-21(22)24-18/h3-9,17H,10-11H2,1-2H3,(H2,22,24)(H,23,25)/t17-/m1/s1. The molecule has 0 radical (unpaired) electrons. The first kappa shape index (κ1) is 17.5. The van der Waals surface area contributed by atoms with Crippen molar-refractivity contribution in [2.75, 3.05) is 5.73 Å². The lowest BCUT2D eigenvalue weighted by molar-refractivity contribution is -0.121. The van der Waals surface area contributed by atoms with Gasteiger partial charge in [-0.05, 0) is 54.8 Å². The summed E-state index contributed by atoms with van der Waals surface area (Å²) in [6.07, 6.45) is 0.395. The third-order valence-electron chi connectivity index (χ3n) is 4.90. The second-order valence-corrected chi connectivity index (χ2v) is 7.88. The summed E-state index contributed by atoms with van der Waals surface area (Å²) >= 11 is 1.46. The SMILES string of the molecule is Cc1ccc(Oc2ccc([C@H]3CC(=O)NCc4nc(N)sc43)cc2)cc1C. The van der Waals surface area contributed by atoms with Gasteiger partial charge in [0.1, 0.15) is 11.5 Å². The van der Waals surface area contributed by atoms with Crippen LogP contribution in [0.4, 0.5) is 5.13 Å². The highest BCUT2D eigenvalue weighted by Gasteiger charge is 2.27. The van der Waals surface area contributed by atoms with Crippen LogP contribution in [-0.2, 0) is 11.3 Å². The van der Waals surface area contributed by atoms with E-state index in [0.29, 0.717) is 18.1 Å². The molecule has 1 atom stereocenters. The maximum absolute atomic E-state index is 12.1. The number of nitrogens with zero attached hydrogens (tertiary/aromatic N) is 1. The van der Waals surface area contributed by atoms with Gasteiger partial charge in [-0.1, -0.05) is 18.2 Å². The fourth-order valence-corrected chi connectivity index (χ4v) is 4.24. The molecule has 138 valence electrons. The molecule has 0 spiro atoms. The molecule has 0 fully saturated rings. The molecule has 6 heteroatoms. The monoisotopic (exact) mass is 379 g/mol. The zero-order valence-electron chi connectivity index (χ0n) is 15.3. The number of carbonyl (C=O) groups is 1. The minimum Gasteiger partial charge on any atom is -0.457 e. The van der Waals surface area contributed by atoms with Crippen LogP contribution in [0.15, 0.2) is 42.5 Å². The van der Waals surface area contributed by atoms with E-state index in [1.165, 1.54) is 22.5 Å². The van der Waals surface area contributed by atoms with Crippen molar-refractivity contribution < 1.29 is 9.53 Å². The van der Waals surface area contributed by atoms with Crippen LogP contribution in [0, 0.1) is 13.8 Å². The predicted molar refractivity (Wildman–Crippen MR) is 107 cm³/mol. The fourth-order valence-electron chi connectivity index (χ4n) is 3.26. The molecule has 5 nitrogen and oxygen atoms in total. The number of amides is 1. The van der Waals surface area contributed by atoms with Crippen molar-refractivity contribution in [2.45, 2.75) is 32.7 Å². The molecule has 4 rings (SSSR count). The maximum atomic E-state index is 12.1. The highest BCUT2D eigenvalue weighted by atomic mass is 32.1. The summed E-state index contributed by atoms with van der Waals surface area (Å²) in [5.74, 6) is 1.58. The molecule has 1 aliphatic rings. The van der Waals surface area contributed by atoms with Gasteiger partial charge in [0.2, 0.25) is 5.91 Å². The van der Waals surface area contributed by atoms with Crippen molar-refractivity contribution in [3.63, 3.8) is 0 Å². The largest absolute Gasteiger partial charge is 0.457 e. The normalized spacial score (nSPS) is 16.4. The van der Waals surface area contributed by atoms with Crippen molar-refractivity contribution in [2.24, 2.45) is 0 Å². The number of aryl methyl sites for hydroxylation is 2. The zero-order valence-corrected chi connectivity index (χ0v) is 16.1. The topological polar surface area (TPSA) is 77.2 Å². The number of hydrogen-bond donors (Lipinski definition) is 2. The molecule has 1 amide bonds. The van der Waals surface area contributed by atoms with Gasteiger partial charge in [-0.25, -0.2) is 4.98 Å². The minimum absolute atomic E-state index is 0.0271. The first-order valence-electron chi connectivity index (χ1n) is 8.86. The smallest absolute Gasteiger partial charge is 0.221 e. The number of ether oxygens (including phenoxy) is 1. The van der Waals surface area contributed by atoms with Crippen LogP contribution >= 0.6 is 11.3 Å². The summed E-state index contributed by atoms with van der Waals surface area (Å²) < 4.78 is 5.97. The van der Waals surface area contributed by atoms with E-state index in [9.17, 15) is 4.79 Å². The Morgan fingerprint density at radius 2 is 1.85 bits per heavy atom. The summed E-state index contributed by atoms with van der Waals surface area (Å²) in [6.45, 7) is 4.59. The first-order valence-corrected chi connectivity index (χ1v) is 9.68. The Morgan fingerprint density at radius 3 is 2.59 bits per heavy atom. The van der Waals surface area contributed by atoms with Gasteiger partial charge in [0.25, 0.3) is 0 Å². The summed E-state index contributed by atoms with van der Waals surface area (Å²) in [5.41, 5.74) is 10.3. The third kappa shape index (κ3) is 3.66. The molecule has 2 aromatic carbocycles. The van der Waals surface area contributed by atoms with E-state index in [1.807, 2.05) is 36.4 Å². The second-order valence-electron chi connectivity index (χ2n) is 6.81. The Labute approximate surface area is 162 Å². The highest BCUT2D eigenvalue weighted by Crippen LogP contribution is 2.38. The Hall–Kier alpha value is -2.86. The van der Waals surface area contributed by atoms with Gasteiger partial charge >= 0.3 is 0 Å². The van der Waals surface area contributed by atoms with Gasteiger partial charge in [0, 0.05) is 17.2 Å². The summed E-state index contributed by atoms with van der Waals surface area (Å²) in [5, 5.41) is 3.43. The quantitative estimate of drug-likeness (QED) is 0.712. The molecule has 27 heavy (non-hydrogen) atoms. The van der Waals surface area contributed by atoms with Gasteiger partial charge in [-0.2, -0.15) is 0 Å². The lowest BCUT2D eigenvalue weighted by Crippen LogP contribution is -2.21. The Balaban J connectivity index is 1.59. The van der Waals surface area contributed by atoms with Crippen molar-refractivity contribution in [3.05, 3.63) is 69.7 Å². The second kappa shape index (κ2) is 7.04. The van der Waals surface area contributed by atoms with Gasteiger partial charge in [-0.15, -0.1) is 11.3 Å². The highest BCUT2D eigenvalue weighted by molar-refractivity contribution is 7.15. The van der Waals surface area contributed by atoms with E-state index in [-0.39, 0.29) is 11.8 Å². The van der Waals surface area contributed by atoms with Crippen molar-refractivity contribution in [1.29, 1.82) is 0 Å². The summed E-state index contributed by atoms with van der Waals surface area (Å²) in [4.78, 5) is 17.5. The van der Waals surface area contributed by atoms with Crippen molar-refractivity contribution >= 4 is 22.4 Å². The Bertz CT molecular complexity index is 995. The fraction of sp³-hybridized carbons (Fsp3) is 0.238. The number of benzene rings is 2. The van der Waals surface area contributed by atoms with Crippen LogP contribution < -0.4 is 15.8 Å². The molecule has 0 aliphatic carbocycles. The average molecular weight is 379 g/mol. The van der Waals surface area contributed by atoms with Crippen LogP contribution in [-0.4, -0.2) is 10.9 Å². The van der Waals surface area contributed by atoms with Crippen molar-refractivity contribution in [3.8, 4) is 11.5 Å². The lowest BCUT2D eigenvalue weighted by Gasteiger charge is -2.14. The number of thiazole rings is 1. The summed E-state index contributed by atoms with van der Waals surface area (Å²) in [7, 11) is 0. The average Bonchev–Trinajstić information content (AvgIpc) is 2.95. The number of nitrogen functional groups attached to an aromatic ring is 1. The van der Waals surface area contributed by atoms with Gasteiger partial charge < -0.3 is 15.8 Å². The van der Waals surface area contributed by atoms with E-state index >= 15 is 0 Å². The van der Waals surface area contributed by atoms with Crippen LogP contribution in [0.25, 0.3) is 0 Å². The Morgan fingerprint density at radius 1 is 1.11 bits per heavy atom. The number of anilines is 1. The number of rotatable bonds is 3. The van der Waals surface area contributed by atoms with Crippen LogP contribution in [0.2, 0.25) is 0 Å². The number of hydrogen-bond acceptors (Lipinski definition) is 5. The molecule has 0 unspecified atom stereocenters. The zero-order chi connectivity index (χ0) is 19.0. The molecule has 0 saturated carbocycles. The number of fused-ring (bicyclic) bond motifs is 1. The van der Waals surface area contributed by atoms with Crippen LogP contribution in [0.1, 0.15) is 39.6 Å². The molecule has 1 aliphatic heterocycles. The third-order valence-corrected chi connectivity index (χ3v) is 5.94. The molecular weight excluding hydrogens is 358 g/mol. The van der Waals surface area contributed by atoms with Gasteiger partial charge in [-0.3, -0.25) is 4.79 Å². The van der Waals surface area contributed by atoms with Gasteiger partial charge in [0.15, 0.2) is 5.13 Å². The van der Waals surface area contributed by atoms with Crippen LogP contribution in [0.5, 0.6) is 11.5 Å². The number of nitrogens with two attached hydrogens (primary N) is 1. The molecule has 0 bridgehead atoms. The molecule has 3 N–H and O–H groups in total. The van der Waals surface area contributed by atoms with Crippen molar-refractivity contribution in [1.82, 2.24) is 10.3 Å². The molecular formula is C21H21N3O2S. The van der Waals surface area contributed by atoms with Gasteiger partial charge in [0.05, 0.1) is 12.2 Å². The number of aromatic nitrogens is 1. The van der Waals surface area contributed by atoms with Crippen LogP contribution in [0.3, 0.4) is 0 Å². The number of nitrogens with one attached hydrogen (secondary N) is 1. The minimum atomic E-state index is -0.0343. The van der Waals surface area contributed by atoms with E-state index < -0.39 is 0 Å².